The van der Waals surface area contributed by atoms with Crippen molar-refractivity contribution in [1.29, 1.82) is 0 Å². The number of amides is 1. The van der Waals surface area contributed by atoms with E-state index in [0.29, 0.717) is 5.11 Å². The van der Waals surface area contributed by atoms with Gasteiger partial charge in [-0.3, -0.25) is 10.2 Å². The zero-order valence-electron chi connectivity index (χ0n) is 20.3. The lowest BCUT2D eigenvalue weighted by atomic mass is 10.0. The average Bonchev–Trinajstić information content (AvgIpc) is 2.77. The molecule has 0 aliphatic heterocycles. The fourth-order valence-electron chi connectivity index (χ4n) is 3.58. The van der Waals surface area contributed by atoms with Crippen LogP contribution in [0.5, 0.6) is 0 Å². The first-order valence-electron chi connectivity index (χ1n) is 12.6. The molecule has 1 aromatic rings. The summed E-state index contributed by atoms with van der Waals surface area (Å²) in [5.41, 5.74) is 4.55. The number of unbranched alkanes of at least 4 members (excludes halogenated alkanes) is 13. The molecule has 1 rings (SSSR count). The van der Waals surface area contributed by atoms with Crippen molar-refractivity contribution in [1.82, 2.24) is 10.7 Å². The third-order valence-electron chi connectivity index (χ3n) is 5.43. The van der Waals surface area contributed by atoms with Crippen LogP contribution >= 0.6 is 12.2 Å². The summed E-state index contributed by atoms with van der Waals surface area (Å²) >= 11 is 5.25. The van der Waals surface area contributed by atoms with E-state index >= 15 is 0 Å². The van der Waals surface area contributed by atoms with Crippen LogP contribution < -0.4 is 16.1 Å². The number of hydrogen-bond donors (Lipinski definition) is 3. The lowest BCUT2D eigenvalue weighted by Gasteiger charge is -2.07. The van der Waals surface area contributed by atoms with Crippen molar-refractivity contribution in [2.24, 2.45) is 5.10 Å². The predicted octanol–water partition coefficient (Wildman–Crippen LogP) is 6.92. The highest BCUT2D eigenvalue weighted by molar-refractivity contribution is 7.80. The zero-order chi connectivity index (χ0) is 23.3. The van der Waals surface area contributed by atoms with Crippen molar-refractivity contribution in [3.63, 3.8) is 0 Å². The summed E-state index contributed by atoms with van der Waals surface area (Å²) in [4.78, 5) is 11.0. The number of hydrogen-bond acceptors (Lipinski definition) is 3. The van der Waals surface area contributed by atoms with Crippen molar-refractivity contribution < 1.29 is 4.79 Å². The highest BCUT2D eigenvalue weighted by Gasteiger charge is 1.97. The SMILES string of the molecule is CCCCCCCCCCCCCCCCNC(=S)N/N=C\c1ccc(NC(C)=O)cc1. The number of nitrogens with zero attached hydrogens (tertiary/aromatic N) is 1. The van der Waals surface area contributed by atoms with Crippen molar-refractivity contribution in [2.45, 2.75) is 104 Å². The molecule has 0 aliphatic rings. The molecule has 0 atom stereocenters. The van der Waals surface area contributed by atoms with Gasteiger partial charge in [0, 0.05) is 19.2 Å². The highest BCUT2D eigenvalue weighted by atomic mass is 32.1. The summed E-state index contributed by atoms with van der Waals surface area (Å²) in [5.74, 6) is -0.0803. The van der Waals surface area contributed by atoms with Gasteiger partial charge in [-0.05, 0) is 36.3 Å². The molecule has 1 aromatic carbocycles. The van der Waals surface area contributed by atoms with Gasteiger partial charge in [-0.2, -0.15) is 5.10 Å². The third-order valence-corrected chi connectivity index (χ3v) is 5.66. The minimum atomic E-state index is -0.0803. The van der Waals surface area contributed by atoms with Gasteiger partial charge in [-0.1, -0.05) is 103 Å². The Kier molecular flexibility index (Phi) is 17.3. The predicted molar refractivity (Wildman–Crippen MR) is 142 cm³/mol. The van der Waals surface area contributed by atoms with E-state index in [1.165, 1.54) is 90.4 Å². The Morgan fingerprint density at radius 1 is 0.844 bits per heavy atom. The summed E-state index contributed by atoms with van der Waals surface area (Å²) in [6.45, 7) is 4.65. The number of nitrogens with one attached hydrogen (secondary N) is 3. The lowest BCUT2D eigenvalue weighted by molar-refractivity contribution is -0.114. The first kappa shape index (κ1) is 28.1. The smallest absolute Gasteiger partial charge is 0.221 e. The Morgan fingerprint density at radius 3 is 1.84 bits per heavy atom. The maximum atomic E-state index is 11.0. The van der Waals surface area contributed by atoms with Crippen molar-refractivity contribution in [2.75, 3.05) is 11.9 Å². The molecule has 0 spiro atoms. The molecule has 6 heteroatoms. The van der Waals surface area contributed by atoms with Gasteiger partial charge in [0.2, 0.25) is 5.91 Å². The minimum absolute atomic E-state index is 0.0803. The van der Waals surface area contributed by atoms with E-state index in [9.17, 15) is 4.79 Å². The normalized spacial score (nSPS) is 10.9. The van der Waals surface area contributed by atoms with Crippen LogP contribution in [-0.2, 0) is 4.79 Å². The number of carbonyl (C=O) groups is 1. The topological polar surface area (TPSA) is 65.5 Å². The standard InChI is InChI=1S/C26H44N4OS/c1-3-4-5-6-7-8-9-10-11-12-13-14-15-16-21-27-26(32)30-28-22-24-17-19-25(20-18-24)29-23(2)31/h17-20,22H,3-16,21H2,1-2H3,(H,29,31)(H2,27,30,32)/b28-22-. The van der Waals surface area contributed by atoms with Gasteiger partial charge in [0.15, 0.2) is 5.11 Å². The number of thiocarbonyl (C=S) groups is 1. The molecular formula is C26H44N4OS. The van der Waals surface area contributed by atoms with Gasteiger partial charge in [0.1, 0.15) is 0 Å². The summed E-state index contributed by atoms with van der Waals surface area (Å²) in [5, 5.41) is 10.6. The minimum Gasteiger partial charge on any atom is -0.361 e. The van der Waals surface area contributed by atoms with Crippen LogP contribution in [0.4, 0.5) is 5.69 Å². The Bertz CT molecular complexity index is 646. The molecule has 32 heavy (non-hydrogen) atoms. The van der Waals surface area contributed by atoms with E-state index in [2.05, 4.69) is 28.1 Å². The van der Waals surface area contributed by atoms with Gasteiger partial charge < -0.3 is 10.6 Å². The molecule has 5 nitrogen and oxygen atoms in total. The largest absolute Gasteiger partial charge is 0.361 e. The molecule has 0 saturated carbocycles. The van der Waals surface area contributed by atoms with E-state index in [1.54, 1.807) is 6.21 Å². The molecule has 0 unspecified atom stereocenters. The summed E-state index contributed by atoms with van der Waals surface area (Å²) in [6, 6.07) is 7.47. The second-order valence-electron chi connectivity index (χ2n) is 8.53. The fraction of sp³-hybridized carbons (Fsp3) is 0.654. The molecule has 1 amide bonds. The second kappa shape index (κ2) is 19.7. The number of benzene rings is 1. The molecule has 180 valence electrons. The Labute approximate surface area is 201 Å². The molecule has 3 N–H and O–H groups in total. The monoisotopic (exact) mass is 460 g/mol. The van der Waals surface area contributed by atoms with E-state index in [4.69, 9.17) is 12.2 Å². The number of carbonyl (C=O) groups excluding carboxylic acids is 1. The molecule has 0 heterocycles. The molecular weight excluding hydrogens is 416 g/mol. The maximum absolute atomic E-state index is 11.0. The molecule has 0 aromatic heterocycles. The third kappa shape index (κ3) is 16.7. The van der Waals surface area contributed by atoms with Crippen LogP contribution in [0.1, 0.15) is 109 Å². The van der Waals surface area contributed by atoms with Gasteiger partial charge in [-0.15, -0.1) is 0 Å². The quantitative estimate of drug-likeness (QED) is 0.0962. The Balaban J connectivity index is 1.91. The van der Waals surface area contributed by atoms with Crippen LogP contribution in [0.25, 0.3) is 0 Å². The summed E-state index contributed by atoms with van der Waals surface area (Å²) in [6.07, 6.45) is 20.8. The van der Waals surface area contributed by atoms with Gasteiger partial charge in [0.05, 0.1) is 6.21 Å². The first-order chi connectivity index (χ1) is 15.6. The van der Waals surface area contributed by atoms with E-state index in [-0.39, 0.29) is 5.91 Å². The summed E-state index contributed by atoms with van der Waals surface area (Å²) in [7, 11) is 0. The molecule has 0 bridgehead atoms. The van der Waals surface area contributed by atoms with Crippen LogP contribution in [0.2, 0.25) is 0 Å². The maximum Gasteiger partial charge on any atom is 0.221 e. The van der Waals surface area contributed by atoms with Crippen molar-refractivity contribution >= 4 is 35.1 Å². The Morgan fingerprint density at radius 2 is 1.34 bits per heavy atom. The zero-order valence-corrected chi connectivity index (χ0v) is 21.1. The number of anilines is 1. The van der Waals surface area contributed by atoms with E-state index in [1.807, 2.05) is 24.3 Å². The van der Waals surface area contributed by atoms with Crippen molar-refractivity contribution in [3.8, 4) is 0 Å². The van der Waals surface area contributed by atoms with Crippen LogP contribution in [-0.4, -0.2) is 23.8 Å². The first-order valence-corrected chi connectivity index (χ1v) is 13.0. The van der Waals surface area contributed by atoms with Crippen LogP contribution in [0.3, 0.4) is 0 Å². The van der Waals surface area contributed by atoms with E-state index in [0.717, 1.165) is 24.2 Å². The second-order valence-corrected chi connectivity index (χ2v) is 8.93. The molecule has 0 radical (unpaired) electrons. The summed E-state index contributed by atoms with van der Waals surface area (Å²) < 4.78 is 0. The van der Waals surface area contributed by atoms with Gasteiger partial charge in [0.25, 0.3) is 0 Å². The van der Waals surface area contributed by atoms with Crippen molar-refractivity contribution in [3.05, 3.63) is 29.8 Å². The Hall–Kier alpha value is -1.95. The average molecular weight is 461 g/mol. The van der Waals surface area contributed by atoms with Crippen LogP contribution in [0, 0.1) is 0 Å². The highest BCUT2D eigenvalue weighted by Crippen LogP contribution is 2.13. The number of hydrazone groups is 1. The molecule has 0 aliphatic carbocycles. The molecule has 0 saturated heterocycles. The van der Waals surface area contributed by atoms with Crippen LogP contribution in [0.15, 0.2) is 29.4 Å². The van der Waals surface area contributed by atoms with E-state index < -0.39 is 0 Å². The number of rotatable bonds is 18. The molecule has 0 fully saturated rings. The van der Waals surface area contributed by atoms with Gasteiger partial charge in [-0.25, -0.2) is 0 Å². The fourth-order valence-corrected chi connectivity index (χ4v) is 3.74. The lowest BCUT2D eigenvalue weighted by Crippen LogP contribution is -2.32. The van der Waals surface area contributed by atoms with Gasteiger partial charge >= 0.3 is 0 Å².